The van der Waals surface area contributed by atoms with Gasteiger partial charge in [0, 0.05) is 32.1 Å². The molecule has 2 heterocycles. The molecule has 0 bridgehead atoms. The Balaban J connectivity index is 1.71. The molecule has 2 rings (SSSR count). The fourth-order valence-corrected chi connectivity index (χ4v) is 8.62. The normalized spacial score (nSPS) is 30.2. The minimum atomic E-state index is -0.920. The van der Waals surface area contributed by atoms with Gasteiger partial charge in [0.1, 0.15) is 0 Å². The lowest BCUT2D eigenvalue weighted by Gasteiger charge is -2.19. The lowest BCUT2D eigenvalue weighted by molar-refractivity contribution is -0.148. The second-order valence-electron chi connectivity index (χ2n) is 11.4. The molecule has 6 atom stereocenters. The van der Waals surface area contributed by atoms with Crippen LogP contribution in [0.2, 0.25) is 0 Å². The molecule has 0 spiro atoms. The van der Waals surface area contributed by atoms with E-state index in [1.54, 1.807) is 27.7 Å². The van der Waals surface area contributed by atoms with Crippen molar-refractivity contribution in [3.05, 3.63) is 12.2 Å². The minimum Gasteiger partial charge on any atom is -0.481 e. The van der Waals surface area contributed by atoms with Crippen molar-refractivity contribution < 1.29 is 28.2 Å². The largest absolute Gasteiger partial charge is 0.481 e. The number of aliphatic carboxylic acids is 2. The van der Waals surface area contributed by atoms with Crippen LogP contribution in [0.3, 0.4) is 0 Å². The Bertz CT molecular complexity index is 724. The Kier molecular flexibility index (Phi) is 11.0. The zero-order valence-electron chi connectivity index (χ0n) is 21.3. The summed E-state index contributed by atoms with van der Waals surface area (Å²) in [4.78, 5) is 22.4. The number of carbonyl (C=O) groups is 2. The molecule has 0 amide bonds. The van der Waals surface area contributed by atoms with Gasteiger partial charge in [-0.1, -0.05) is 37.8 Å². The quantitative estimate of drug-likeness (QED) is 0.235. The number of rotatable bonds is 14. The van der Waals surface area contributed by atoms with Crippen molar-refractivity contribution in [2.45, 2.75) is 126 Å². The predicted molar refractivity (Wildman–Crippen MR) is 139 cm³/mol. The van der Waals surface area contributed by atoms with E-state index < -0.39 is 44.4 Å². The first-order valence-electron chi connectivity index (χ1n) is 12.8. The highest BCUT2D eigenvalue weighted by Crippen LogP contribution is 2.33. The van der Waals surface area contributed by atoms with Crippen LogP contribution in [-0.4, -0.2) is 51.6 Å². The Morgan fingerprint density at radius 3 is 1.38 bits per heavy atom. The molecule has 0 aromatic heterocycles. The Labute approximate surface area is 210 Å². The SMILES string of the molecule is CC(C)(CCCCC1CCC(/C=C/C2CCC(CCCCC(C)(C)C(=O)O)S2=O)S1=O)C(=O)O. The van der Waals surface area contributed by atoms with Crippen molar-refractivity contribution in [3.63, 3.8) is 0 Å². The number of hydrogen-bond donors (Lipinski definition) is 2. The Morgan fingerprint density at radius 1 is 0.706 bits per heavy atom. The zero-order chi connectivity index (χ0) is 25.5. The van der Waals surface area contributed by atoms with Crippen molar-refractivity contribution in [1.29, 1.82) is 0 Å². The molecular weight excluding hydrogens is 472 g/mol. The summed E-state index contributed by atoms with van der Waals surface area (Å²) in [5.41, 5.74) is -1.41. The monoisotopic (exact) mass is 516 g/mol. The summed E-state index contributed by atoms with van der Waals surface area (Å²) in [6.45, 7) is 7.01. The van der Waals surface area contributed by atoms with Crippen LogP contribution in [0.5, 0.6) is 0 Å². The summed E-state index contributed by atoms with van der Waals surface area (Å²) < 4.78 is 25.8. The van der Waals surface area contributed by atoms with Crippen LogP contribution < -0.4 is 0 Å². The van der Waals surface area contributed by atoms with Gasteiger partial charge < -0.3 is 10.2 Å². The fraction of sp³-hybridized carbons (Fsp3) is 0.846. The molecule has 0 aliphatic carbocycles. The van der Waals surface area contributed by atoms with Crippen LogP contribution in [0.4, 0.5) is 0 Å². The van der Waals surface area contributed by atoms with Crippen LogP contribution >= 0.6 is 0 Å². The maximum Gasteiger partial charge on any atom is 0.309 e. The summed E-state index contributed by atoms with van der Waals surface area (Å²) in [5, 5.41) is 18.9. The van der Waals surface area contributed by atoms with Crippen LogP contribution in [0.1, 0.15) is 105 Å². The molecule has 2 fully saturated rings. The predicted octanol–water partition coefficient (Wildman–Crippen LogP) is 5.44. The van der Waals surface area contributed by atoms with Crippen LogP contribution in [0.15, 0.2) is 12.2 Å². The summed E-state index contributed by atoms with van der Waals surface area (Å²) >= 11 is 0. The average molecular weight is 517 g/mol. The van der Waals surface area contributed by atoms with E-state index in [1.807, 2.05) is 12.2 Å². The first kappa shape index (κ1) is 29.2. The number of hydrogen-bond acceptors (Lipinski definition) is 4. The smallest absolute Gasteiger partial charge is 0.309 e. The molecule has 0 aromatic rings. The number of unbranched alkanes of at least 4 members (excludes halogenated alkanes) is 2. The lowest BCUT2D eigenvalue weighted by Crippen LogP contribution is -2.23. The van der Waals surface area contributed by atoms with E-state index in [2.05, 4.69) is 0 Å². The molecule has 0 saturated carbocycles. The van der Waals surface area contributed by atoms with Crippen molar-refractivity contribution >= 4 is 33.5 Å². The summed E-state index contributed by atoms with van der Waals surface area (Å²) in [7, 11) is -1.84. The molecular formula is C26H44O6S2. The molecule has 196 valence electrons. The molecule has 2 aliphatic rings. The van der Waals surface area contributed by atoms with Crippen LogP contribution in [0, 0.1) is 10.8 Å². The van der Waals surface area contributed by atoms with E-state index in [0.717, 1.165) is 64.2 Å². The first-order chi connectivity index (χ1) is 15.8. The molecule has 0 aromatic carbocycles. The molecule has 0 radical (unpaired) electrons. The molecule has 6 unspecified atom stereocenters. The van der Waals surface area contributed by atoms with Crippen molar-refractivity contribution in [2.75, 3.05) is 0 Å². The first-order valence-corrected chi connectivity index (χ1v) is 15.3. The van der Waals surface area contributed by atoms with Gasteiger partial charge in [-0.2, -0.15) is 0 Å². The Hall–Kier alpha value is -1.02. The standard InChI is InChI=1S/C26H44O6S2/c1-25(2,23(27)28)17-7-5-9-19-11-13-21(33(19)31)15-16-22-14-12-20(34(22)32)10-6-8-18-26(3,4)24(29)30/h15-16,19-22H,5-14,17-18H2,1-4H3,(H,27,28)(H,29,30)/b16-15+. The topological polar surface area (TPSA) is 109 Å². The van der Waals surface area contributed by atoms with E-state index >= 15 is 0 Å². The molecule has 2 saturated heterocycles. The summed E-state index contributed by atoms with van der Waals surface area (Å²) in [5.74, 6) is -1.54. The zero-order valence-corrected chi connectivity index (χ0v) is 22.9. The number of carboxylic acids is 2. The number of carboxylic acid groups (broad SMARTS) is 2. The Morgan fingerprint density at radius 2 is 1.06 bits per heavy atom. The van der Waals surface area contributed by atoms with Gasteiger partial charge in [0.15, 0.2) is 0 Å². The third kappa shape index (κ3) is 8.28. The summed E-state index contributed by atoms with van der Waals surface area (Å²) in [6, 6.07) is 0. The molecule has 2 N–H and O–H groups in total. The summed E-state index contributed by atoms with van der Waals surface area (Å²) in [6.07, 6.45) is 14.3. The van der Waals surface area contributed by atoms with E-state index in [-0.39, 0.29) is 21.0 Å². The minimum absolute atomic E-state index is 0.0368. The van der Waals surface area contributed by atoms with E-state index in [1.165, 1.54) is 0 Å². The fourth-order valence-electron chi connectivity index (χ4n) is 4.87. The third-order valence-electron chi connectivity index (χ3n) is 7.65. The van der Waals surface area contributed by atoms with E-state index in [0.29, 0.717) is 12.8 Å². The van der Waals surface area contributed by atoms with Crippen molar-refractivity contribution in [2.24, 2.45) is 10.8 Å². The van der Waals surface area contributed by atoms with Crippen LogP contribution in [-0.2, 0) is 31.2 Å². The van der Waals surface area contributed by atoms with E-state index in [9.17, 15) is 28.2 Å². The highest BCUT2D eigenvalue weighted by molar-refractivity contribution is 7.87. The molecule has 8 heteroatoms. The lowest BCUT2D eigenvalue weighted by atomic mass is 9.87. The molecule has 6 nitrogen and oxygen atoms in total. The average Bonchev–Trinajstić information content (AvgIpc) is 3.29. The maximum atomic E-state index is 12.9. The van der Waals surface area contributed by atoms with Gasteiger partial charge in [0.2, 0.25) is 0 Å². The van der Waals surface area contributed by atoms with Crippen LogP contribution in [0.25, 0.3) is 0 Å². The van der Waals surface area contributed by atoms with Gasteiger partial charge in [0.25, 0.3) is 0 Å². The van der Waals surface area contributed by atoms with Gasteiger partial charge in [-0.15, -0.1) is 0 Å². The van der Waals surface area contributed by atoms with E-state index in [4.69, 9.17) is 0 Å². The second kappa shape index (κ2) is 12.8. The van der Waals surface area contributed by atoms with Gasteiger partial charge >= 0.3 is 11.9 Å². The second-order valence-corrected chi connectivity index (χ2v) is 15.2. The van der Waals surface area contributed by atoms with Crippen molar-refractivity contribution in [1.82, 2.24) is 0 Å². The van der Waals surface area contributed by atoms with Gasteiger partial charge in [-0.3, -0.25) is 18.0 Å². The van der Waals surface area contributed by atoms with Gasteiger partial charge in [0.05, 0.1) is 21.3 Å². The molecule has 34 heavy (non-hydrogen) atoms. The van der Waals surface area contributed by atoms with Crippen molar-refractivity contribution in [3.8, 4) is 0 Å². The molecule has 2 aliphatic heterocycles. The highest BCUT2D eigenvalue weighted by Gasteiger charge is 2.34. The van der Waals surface area contributed by atoms with Gasteiger partial charge in [-0.25, -0.2) is 0 Å². The van der Waals surface area contributed by atoms with Gasteiger partial charge in [-0.05, 0) is 79.1 Å². The maximum absolute atomic E-state index is 12.9. The third-order valence-corrected chi connectivity index (χ3v) is 11.9. The highest BCUT2D eigenvalue weighted by atomic mass is 32.2.